The quantitative estimate of drug-likeness (QED) is 0.437. The maximum Gasteiger partial charge on any atom is 0.167 e. The molecule has 0 aliphatic heterocycles. The number of aromatic nitrogens is 3. The van der Waals surface area contributed by atoms with Gasteiger partial charge < -0.3 is 4.74 Å². The van der Waals surface area contributed by atoms with Crippen LogP contribution in [0.3, 0.4) is 0 Å². The van der Waals surface area contributed by atoms with Gasteiger partial charge in [0.15, 0.2) is 11.4 Å². The van der Waals surface area contributed by atoms with Crippen LogP contribution in [0.25, 0.3) is 5.65 Å². The Labute approximate surface area is 173 Å². The molecule has 0 atom stereocenters. The van der Waals surface area contributed by atoms with Crippen LogP contribution < -0.4 is 4.74 Å². The van der Waals surface area contributed by atoms with Gasteiger partial charge in [-0.25, -0.2) is 0 Å². The van der Waals surface area contributed by atoms with Gasteiger partial charge >= 0.3 is 0 Å². The second-order valence-electron chi connectivity index (χ2n) is 6.96. The van der Waals surface area contributed by atoms with Crippen molar-refractivity contribution in [1.82, 2.24) is 14.6 Å². The Hall–Kier alpha value is -1.49. The van der Waals surface area contributed by atoms with Crippen LogP contribution >= 0.6 is 34.8 Å². The third-order valence-corrected chi connectivity index (χ3v) is 5.88. The zero-order chi connectivity index (χ0) is 18.8. The van der Waals surface area contributed by atoms with E-state index in [1.165, 1.54) is 38.5 Å². The summed E-state index contributed by atoms with van der Waals surface area (Å²) in [6, 6.07) is 7.22. The second kappa shape index (κ2) is 8.26. The van der Waals surface area contributed by atoms with Crippen LogP contribution in [0.1, 0.15) is 55.8 Å². The van der Waals surface area contributed by atoms with Gasteiger partial charge in [-0.3, -0.25) is 4.40 Å². The van der Waals surface area contributed by atoms with E-state index in [-0.39, 0.29) is 0 Å². The molecule has 1 aromatic carbocycles. The third-order valence-electron chi connectivity index (χ3n) is 5.10. The molecule has 1 aliphatic carbocycles. The van der Waals surface area contributed by atoms with E-state index in [0.29, 0.717) is 33.3 Å². The highest BCUT2D eigenvalue weighted by Crippen LogP contribution is 2.36. The topological polar surface area (TPSA) is 39.4 Å². The van der Waals surface area contributed by atoms with Crippen molar-refractivity contribution < 1.29 is 4.74 Å². The van der Waals surface area contributed by atoms with Crippen LogP contribution in [-0.2, 0) is 6.61 Å². The highest BCUT2D eigenvalue weighted by atomic mass is 35.5. The largest absolute Gasteiger partial charge is 0.486 e. The lowest BCUT2D eigenvalue weighted by molar-refractivity contribution is 0.307. The van der Waals surface area contributed by atoms with E-state index in [1.54, 1.807) is 12.1 Å². The number of pyridine rings is 1. The summed E-state index contributed by atoms with van der Waals surface area (Å²) in [5, 5.41) is 10.2. The van der Waals surface area contributed by atoms with Gasteiger partial charge in [0.1, 0.15) is 12.4 Å². The minimum Gasteiger partial charge on any atom is -0.486 e. The lowest BCUT2D eigenvalue weighted by Crippen LogP contribution is -2.05. The first-order valence-electron chi connectivity index (χ1n) is 9.23. The second-order valence-corrected chi connectivity index (χ2v) is 8.21. The van der Waals surface area contributed by atoms with E-state index in [2.05, 4.69) is 14.6 Å². The Morgan fingerprint density at radius 2 is 1.70 bits per heavy atom. The number of benzene rings is 1. The SMILES string of the molecule is Clc1cc(Cl)c(OCc2cccn3c(C4CCCCCC4)nnc23)c(Cl)c1. The van der Waals surface area contributed by atoms with Crippen LogP contribution in [0.15, 0.2) is 30.5 Å². The molecule has 1 aliphatic rings. The smallest absolute Gasteiger partial charge is 0.167 e. The van der Waals surface area contributed by atoms with E-state index in [0.717, 1.165) is 17.0 Å². The lowest BCUT2D eigenvalue weighted by atomic mass is 9.99. The van der Waals surface area contributed by atoms with Crippen molar-refractivity contribution in [3.05, 3.63) is 56.9 Å². The van der Waals surface area contributed by atoms with Gasteiger partial charge in [-0.1, -0.05) is 66.6 Å². The first-order valence-corrected chi connectivity index (χ1v) is 10.4. The number of rotatable bonds is 4. The summed E-state index contributed by atoms with van der Waals surface area (Å²) in [4.78, 5) is 0. The van der Waals surface area contributed by atoms with Gasteiger partial charge in [0.05, 0.1) is 10.0 Å². The zero-order valence-corrected chi connectivity index (χ0v) is 17.1. The first kappa shape index (κ1) is 18.9. The minimum atomic E-state index is 0.300. The van der Waals surface area contributed by atoms with Crippen molar-refractivity contribution in [3.63, 3.8) is 0 Å². The van der Waals surface area contributed by atoms with Crippen LogP contribution in [0.2, 0.25) is 15.1 Å². The van der Waals surface area contributed by atoms with Crippen molar-refractivity contribution >= 4 is 40.4 Å². The molecule has 3 aromatic rings. The Morgan fingerprint density at radius 3 is 2.41 bits per heavy atom. The summed E-state index contributed by atoms with van der Waals surface area (Å²) < 4.78 is 7.98. The van der Waals surface area contributed by atoms with Gasteiger partial charge in [-0.2, -0.15) is 0 Å². The van der Waals surface area contributed by atoms with Crippen LogP contribution in [0.5, 0.6) is 5.75 Å². The Morgan fingerprint density at radius 1 is 1.00 bits per heavy atom. The number of nitrogens with zero attached hydrogens (tertiary/aromatic N) is 3. The highest BCUT2D eigenvalue weighted by molar-refractivity contribution is 6.40. The van der Waals surface area contributed by atoms with Crippen LogP contribution in [0, 0.1) is 0 Å². The molecule has 7 heteroatoms. The number of hydrogen-bond donors (Lipinski definition) is 0. The van der Waals surface area contributed by atoms with E-state index < -0.39 is 0 Å². The molecule has 0 N–H and O–H groups in total. The molecule has 0 unspecified atom stereocenters. The number of ether oxygens (including phenoxy) is 1. The zero-order valence-electron chi connectivity index (χ0n) is 14.8. The first-order chi connectivity index (χ1) is 13.1. The fourth-order valence-electron chi connectivity index (χ4n) is 3.73. The van der Waals surface area contributed by atoms with Crippen molar-refractivity contribution in [2.75, 3.05) is 0 Å². The number of hydrogen-bond acceptors (Lipinski definition) is 3. The minimum absolute atomic E-state index is 0.300. The summed E-state index contributed by atoms with van der Waals surface area (Å²) in [5.74, 6) is 1.95. The Balaban J connectivity index is 1.60. The van der Waals surface area contributed by atoms with Crippen molar-refractivity contribution in [2.45, 2.75) is 51.0 Å². The van der Waals surface area contributed by atoms with Crippen molar-refractivity contribution in [3.8, 4) is 5.75 Å². The lowest BCUT2D eigenvalue weighted by Gasteiger charge is -2.13. The van der Waals surface area contributed by atoms with Crippen molar-refractivity contribution in [1.29, 1.82) is 0 Å². The van der Waals surface area contributed by atoms with Crippen molar-refractivity contribution in [2.24, 2.45) is 0 Å². The molecule has 27 heavy (non-hydrogen) atoms. The Bertz CT molecular complexity index is 926. The molecule has 2 aromatic heterocycles. The molecule has 1 saturated carbocycles. The van der Waals surface area contributed by atoms with Crippen LogP contribution in [0.4, 0.5) is 0 Å². The molecule has 0 spiro atoms. The van der Waals surface area contributed by atoms with E-state index in [4.69, 9.17) is 39.5 Å². The molecule has 142 valence electrons. The van der Waals surface area contributed by atoms with E-state index >= 15 is 0 Å². The molecular weight excluding hydrogens is 405 g/mol. The predicted octanol–water partition coefficient (Wildman–Crippen LogP) is 6.71. The summed E-state index contributed by atoms with van der Waals surface area (Å²) in [6.07, 6.45) is 9.53. The van der Waals surface area contributed by atoms with Gasteiger partial charge in [0, 0.05) is 22.7 Å². The van der Waals surface area contributed by atoms with Gasteiger partial charge in [-0.05, 0) is 31.0 Å². The molecule has 0 amide bonds. The van der Waals surface area contributed by atoms with Gasteiger partial charge in [-0.15, -0.1) is 10.2 Å². The maximum absolute atomic E-state index is 6.21. The molecule has 1 fully saturated rings. The molecule has 4 rings (SSSR count). The molecule has 0 radical (unpaired) electrons. The standard InChI is InChI=1S/C20H20Cl3N3O/c21-15-10-16(22)18(17(23)11-15)27-12-14-8-5-9-26-19(24-25-20(14)26)13-6-3-1-2-4-7-13/h5,8-11,13H,1-4,6-7,12H2. The number of halogens is 3. The summed E-state index contributed by atoms with van der Waals surface area (Å²) in [6.45, 7) is 0.300. The summed E-state index contributed by atoms with van der Waals surface area (Å²) in [5.41, 5.74) is 1.75. The van der Waals surface area contributed by atoms with Crippen LogP contribution in [-0.4, -0.2) is 14.6 Å². The Kier molecular flexibility index (Phi) is 5.76. The fraction of sp³-hybridized carbons (Fsp3) is 0.400. The fourth-order valence-corrected chi connectivity index (χ4v) is 4.66. The summed E-state index contributed by atoms with van der Waals surface area (Å²) >= 11 is 18.4. The van der Waals surface area contributed by atoms with Gasteiger partial charge in [0.25, 0.3) is 0 Å². The molecule has 0 saturated heterocycles. The van der Waals surface area contributed by atoms with E-state index in [1.807, 2.05) is 18.3 Å². The molecule has 2 heterocycles. The average Bonchev–Trinajstić information content (AvgIpc) is 2.89. The van der Waals surface area contributed by atoms with Gasteiger partial charge in [0.2, 0.25) is 0 Å². The monoisotopic (exact) mass is 423 g/mol. The normalized spacial score (nSPS) is 15.8. The third kappa shape index (κ3) is 4.03. The maximum atomic E-state index is 6.21. The predicted molar refractivity (Wildman–Crippen MR) is 109 cm³/mol. The number of fused-ring (bicyclic) bond motifs is 1. The molecular formula is C20H20Cl3N3O. The van der Waals surface area contributed by atoms with E-state index in [9.17, 15) is 0 Å². The average molecular weight is 425 g/mol. The summed E-state index contributed by atoms with van der Waals surface area (Å²) in [7, 11) is 0. The molecule has 4 nitrogen and oxygen atoms in total. The highest BCUT2D eigenvalue weighted by Gasteiger charge is 2.21. The molecule has 0 bridgehead atoms.